The van der Waals surface area contributed by atoms with Crippen LogP contribution < -0.4 is 14.8 Å². The zero-order chi connectivity index (χ0) is 21.6. The summed E-state index contributed by atoms with van der Waals surface area (Å²) in [6.45, 7) is 1.51. The van der Waals surface area contributed by atoms with Gasteiger partial charge in [0.25, 0.3) is 10.0 Å². The van der Waals surface area contributed by atoms with Crippen molar-refractivity contribution < 1.29 is 32.3 Å². The van der Waals surface area contributed by atoms with E-state index in [-0.39, 0.29) is 29.0 Å². The summed E-state index contributed by atoms with van der Waals surface area (Å²) < 4.78 is 36.3. The standard InChI is InChI=1S/C15H14N6O7S/c1-8-17-13(20-15(18-8)28-3)19-14(24)21-29(25,26)11-6-9(16-7-22)4-5-10(11)12(23)27-2/h4-6H,1-3H3,(H2,17,18,19,20,21,24). The fourth-order valence-corrected chi connectivity index (χ4v) is 3.16. The molecule has 0 unspecified atom stereocenters. The fourth-order valence-electron chi connectivity index (χ4n) is 2.04. The van der Waals surface area contributed by atoms with Crippen LogP contribution in [0.5, 0.6) is 6.01 Å². The van der Waals surface area contributed by atoms with Crippen LogP contribution >= 0.6 is 0 Å². The number of rotatable bonds is 6. The molecule has 0 atom stereocenters. The smallest absolute Gasteiger partial charge is 0.339 e. The Morgan fingerprint density at radius 2 is 1.90 bits per heavy atom. The van der Waals surface area contributed by atoms with E-state index < -0.39 is 26.9 Å². The van der Waals surface area contributed by atoms with E-state index in [2.05, 4.69) is 30.0 Å². The van der Waals surface area contributed by atoms with Crippen molar-refractivity contribution in [1.29, 1.82) is 0 Å². The van der Waals surface area contributed by atoms with Gasteiger partial charge in [-0.25, -0.2) is 27.5 Å². The Kier molecular flexibility index (Phi) is 6.54. The molecule has 2 aromatic rings. The van der Waals surface area contributed by atoms with Crippen LogP contribution in [-0.4, -0.2) is 55.7 Å². The van der Waals surface area contributed by atoms with Crippen molar-refractivity contribution in [2.45, 2.75) is 11.8 Å². The lowest BCUT2D eigenvalue weighted by molar-refractivity contribution is 0.0596. The number of carbonyl (C=O) groups is 2. The number of sulfonamides is 1. The number of anilines is 1. The minimum Gasteiger partial charge on any atom is -0.467 e. The predicted molar refractivity (Wildman–Crippen MR) is 96.0 cm³/mol. The number of hydrogen-bond acceptors (Lipinski definition) is 11. The van der Waals surface area contributed by atoms with E-state index in [0.717, 1.165) is 19.2 Å². The average Bonchev–Trinajstić information content (AvgIpc) is 2.66. The highest BCUT2D eigenvalue weighted by molar-refractivity contribution is 7.90. The number of aryl methyl sites for hydroxylation is 1. The Morgan fingerprint density at radius 1 is 1.17 bits per heavy atom. The van der Waals surface area contributed by atoms with Gasteiger partial charge in [0.1, 0.15) is 10.7 Å². The van der Waals surface area contributed by atoms with Gasteiger partial charge in [0.15, 0.2) is 0 Å². The van der Waals surface area contributed by atoms with Gasteiger partial charge in [-0.1, -0.05) is 0 Å². The number of benzene rings is 1. The van der Waals surface area contributed by atoms with E-state index in [0.29, 0.717) is 0 Å². The van der Waals surface area contributed by atoms with Crippen LogP contribution in [0.25, 0.3) is 0 Å². The molecule has 2 rings (SSSR count). The van der Waals surface area contributed by atoms with Crippen LogP contribution in [0.3, 0.4) is 0 Å². The zero-order valence-electron chi connectivity index (χ0n) is 15.3. The van der Waals surface area contributed by atoms with Crippen molar-refractivity contribution in [3.8, 4) is 6.01 Å². The number of isocyanates is 1. The molecular formula is C15H14N6O7S. The Labute approximate surface area is 164 Å². The molecular weight excluding hydrogens is 408 g/mol. The summed E-state index contributed by atoms with van der Waals surface area (Å²) in [6.07, 6.45) is 1.24. The second-order valence-electron chi connectivity index (χ2n) is 5.13. The van der Waals surface area contributed by atoms with Crippen molar-refractivity contribution in [2.75, 3.05) is 19.5 Å². The first-order valence-electron chi connectivity index (χ1n) is 7.61. The fraction of sp³-hybridized carbons (Fsp3) is 0.200. The van der Waals surface area contributed by atoms with E-state index in [4.69, 9.17) is 4.74 Å². The van der Waals surface area contributed by atoms with E-state index in [1.54, 1.807) is 4.72 Å². The molecule has 2 N–H and O–H groups in total. The number of methoxy groups -OCH3 is 2. The number of nitrogens with zero attached hydrogens (tertiary/aromatic N) is 4. The van der Waals surface area contributed by atoms with Gasteiger partial charge >= 0.3 is 18.0 Å². The van der Waals surface area contributed by atoms with Gasteiger partial charge in [-0.05, 0) is 25.1 Å². The predicted octanol–water partition coefficient (Wildman–Crippen LogP) is 0.453. The second-order valence-corrected chi connectivity index (χ2v) is 6.78. The van der Waals surface area contributed by atoms with E-state index in [9.17, 15) is 22.8 Å². The van der Waals surface area contributed by atoms with Crippen LogP contribution in [0.1, 0.15) is 16.2 Å². The maximum atomic E-state index is 12.6. The monoisotopic (exact) mass is 422 g/mol. The third-order valence-electron chi connectivity index (χ3n) is 3.20. The maximum Gasteiger partial charge on any atom is 0.339 e. The first-order chi connectivity index (χ1) is 13.7. The van der Waals surface area contributed by atoms with E-state index >= 15 is 0 Å². The molecule has 0 fully saturated rings. The molecule has 152 valence electrons. The molecule has 2 amide bonds. The minimum atomic E-state index is -4.59. The lowest BCUT2D eigenvalue weighted by Gasteiger charge is -2.11. The molecule has 0 spiro atoms. The van der Waals surface area contributed by atoms with Crippen LogP contribution in [0.2, 0.25) is 0 Å². The highest BCUT2D eigenvalue weighted by Gasteiger charge is 2.26. The number of aliphatic imine (C=N–C) groups is 1. The Morgan fingerprint density at radius 3 is 2.52 bits per heavy atom. The summed E-state index contributed by atoms with van der Waals surface area (Å²) in [6, 6.07) is 1.87. The number of hydrogen-bond donors (Lipinski definition) is 2. The molecule has 0 aliphatic heterocycles. The van der Waals surface area contributed by atoms with Crippen LogP contribution in [0.4, 0.5) is 16.4 Å². The molecule has 1 aromatic heterocycles. The Bertz CT molecular complexity index is 1110. The summed E-state index contributed by atoms with van der Waals surface area (Å²) in [4.78, 5) is 48.5. The van der Waals surface area contributed by atoms with Gasteiger partial charge in [-0.15, -0.1) is 0 Å². The SMILES string of the molecule is COC(=O)c1ccc(N=C=O)cc1S(=O)(=O)NC(=O)Nc1nc(C)nc(OC)n1. The number of amides is 2. The van der Waals surface area contributed by atoms with Crippen LogP contribution in [0.15, 0.2) is 28.1 Å². The number of esters is 1. The van der Waals surface area contributed by atoms with Gasteiger partial charge in [0.2, 0.25) is 12.0 Å². The number of urea groups is 1. The highest BCUT2D eigenvalue weighted by atomic mass is 32.2. The lowest BCUT2D eigenvalue weighted by Crippen LogP contribution is -2.35. The van der Waals surface area contributed by atoms with Gasteiger partial charge in [-0.2, -0.15) is 19.9 Å². The first kappa shape index (κ1) is 21.4. The number of aromatic nitrogens is 3. The third-order valence-corrected chi connectivity index (χ3v) is 4.57. The van der Waals surface area contributed by atoms with E-state index in [1.807, 2.05) is 0 Å². The molecule has 0 radical (unpaired) electrons. The largest absolute Gasteiger partial charge is 0.467 e. The van der Waals surface area contributed by atoms with Crippen molar-refractivity contribution >= 4 is 39.7 Å². The van der Waals surface area contributed by atoms with Crippen molar-refractivity contribution in [1.82, 2.24) is 19.7 Å². The maximum absolute atomic E-state index is 12.6. The third kappa shape index (κ3) is 5.31. The first-order valence-corrected chi connectivity index (χ1v) is 9.09. The average molecular weight is 422 g/mol. The summed E-state index contributed by atoms with van der Waals surface area (Å²) in [5.74, 6) is -1.04. The molecule has 1 aromatic carbocycles. The molecule has 14 heteroatoms. The second kappa shape index (κ2) is 8.86. The molecule has 29 heavy (non-hydrogen) atoms. The number of nitrogens with one attached hydrogen (secondary N) is 2. The molecule has 13 nitrogen and oxygen atoms in total. The van der Waals surface area contributed by atoms with Crippen molar-refractivity contribution in [3.05, 3.63) is 29.6 Å². The van der Waals surface area contributed by atoms with Gasteiger partial charge in [-0.3, -0.25) is 5.32 Å². The van der Waals surface area contributed by atoms with E-state index in [1.165, 1.54) is 26.2 Å². The molecule has 1 heterocycles. The van der Waals surface area contributed by atoms with Crippen molar-refractivity contribution in [2.24, 2.45) is 4.99 Å². The molecule has 0 bridgehead atoms. The van der Waals surface area contributed by atoms with Crippen LogP contribution in [-0.2, 0) is 19.6 Å². The molecule has 0 saturated heterocycles. The lowest BCUT2D eigenvalue weighted by atomic mass is 10.2. The summed E-state index contributed by atoms with van der Waals surface area (Å²) in [7, 11) is -2.24. The van der Waals surface area contributed by atoms with Gasteiger partial charge in [0.05, 0.1) is 25.5 Å². The van der Waals surface area contributed by atoms with Gasteiger partial charge in [0, 0.05) is 0 Å². The Balaban J connectivity index is 2.36. The summed E-state index contributed by atoms with van der Waals surface area (Å²) >= 11 is 0. The van der Waals surface area contributed by atoms with Crippen molar-refractivity contribution in [3.63, 3.8) is 0 Å². The summed E-state index contributed by atoms with van der Waals surface area (Å²) in [5, 5.41) is 2.11. The number of carbonyl (C=O) groups excluding carboxylic acids is 3. The highest BCUT2D eigenvalue weighted by Crippen LogP contribution is 2.23. The zero-order valence-corrected chi connectivity index (χ0v) is 16.1. The Hall–Kier alpha value is -3.90. The molecule has 0 aliphatic carbocycles. The van der Waals surface area contributed by atoms with Crippen LogP contribution in [0, 0.1) is 6.92 Å². The normalized spacial score (nSPS) is 10.4. The van der Waals surface area contributed by atoms with Gasteiger partial charge < -0.3 is 9.47 Å². The minimum absolute atomic E-state index is 0.0944. The topological polar surface area (TPSA) is 179 Å². The summed E-state index contributed by atoms with van der Waals surface area (Å²) in [5.41, 5.74) is -0.485. The number of ether oxygens (including phenoxy) is 2. The molecule has 0 aliphatic rings. The molecule has 0 saturated carbocycles. The quantitative estimate of drug-likeness (QED) is 0.377.